The Morgan fingerprint density at radius 1 is 1.04 bits per heavy atom. The van der Waals surface area contributed by atoms with E-state index >= 15 is 0 Å². The number of aliphatic hydroxyl groups is 1. The molecule has 0 aliphatic heterocycles. The normalized spacial score (nSPS) is 33.2. The van der Waals surface area contributed by atoms with Crippen LogP contribution in [0, 0.1) is 18.8 Å². The molecule has 0 bridgehead atoms. The van der Waals surface area contributed by atoms with E-state index in [9.17, 15) is 9.90 Å². The van der Waals surface area contributed by atoms with E-state index in [2.05, 4.69) is 31.2 Å². The van der Waals surface area contributed by atoms with Crippen LogP contribution < -0.4 is 0 Å². The van der Waals surface area contributed by atoms with Gasteiger partial charge in [-0.1, -0.05) is 54.6 Å². The maximum absolute atomic E-state index is 12.9. The van der Waals surface area contributed by atoms with Gasteiger partial charge in [-0.3, -0.25) is 4.79 Å². The molecule has 0 radical (unpaired) electrons. The van der Waals surface area contributed by atoms with E-state index in [-0.39, 0.29) is 23.5 Å². The lowest BCUT2D eigenvalue weighted by Gasteiger charge is -2.34. The zero-order valence-electron chi connectivity index (χ0n) is 13.7. The van der Waals surface area contributed by atoms with Gasteiger partial charge < -0.3 is 5.11 Å². The summed E-state index contributed by atoms with van der Waals surface area (Å²) in [7, 11) is 0. The number of hydrogen-bond acceptors (Lipinski definition) is 2. The van der Waals surface area contributed by atoms with Gasteiger partial charge in [0.1, 0.15) is 0 Å². The van der Waals surface area contributed by atoms with Crippen molar-refractivity contribution >= 4 is 11.4 Å². The Balaban J connectivity index is 1.71. The molecule has 0 spiro atoms. The molecule has 5 rings (SSSR count). The van der Waals surface area contributed by atoms with Crippen molar-refractivity contribution in [3.8, 4) is 0 Å². The van der Waals surface area contributed by atoms with Gasteiger partial charge in [0, 0.05) is 12.3 Å². The second-order valence-electron chi connectivity index (χ2n) is 7.43. The second kappa shape index (κ2) is 4.67. The highest BCUT2D eigenvalue weighted by molar-refractivity contribution is 5.96. The molecule has 2 nitrogen and oxygen atoms in total. The van der Waals surface area contributed by atoms with Gasteiger partial charge in [-0.2, -0.15) is 0 Å². The number of benzene rings is 2. The molecule has 2 aromatic rings. The number of Topliss-reactive ketones (excluding diaryl/α,β-unsaturated/α-hetero) is 1. The Hall–Kier alpha value is -2.19. The first kappa shape index (κ1) is 14.2. The maximum atomic E-state index is 12.9. The number of hydrogen-bond donors (Lipinski definition) is 1. The van der Waals surface area contributed by atoms with Crippen LogP contribution in [-0.2, 0) is 10.4 Å². The minimum absolute atomic E-state index is 0.00409. The zero-order chi connectivity index (χ0) is 16.5. The lowest BCUT2D eigenvalue weighted by atomic mass is 9.70. The third-order valence-corrected chi connectivity index (χ3v) is 6.38. The number of carbonyl (C=O) groups is 1. The summed E-state index contributed by atoms with van der Waals surface area (Å²) < 4.78 is 0. The molecule has 0 amide bonds. The van der Waals surface area contributed by atoms with Crippen molar-refractivity contribution in [2.45, 2.75) is 31.3 Å². The Kier molecular flexibility index (Phi) is 2.76. The molecule has 2 heteroatoms. The molecular formula is C22H20O2. The first-order valence-electron chi connectivity index (χ1n) is 8.73. The van der Waals surface area contributed by atoms with Crippen molar-refractivity contribution in [3.63, 3.8) is 0 Å². The fourth-order valence-electron chi connectivity index (χ4n) is 5.48. The van der Waals surface area contributed by atoms with Gasteiger partial charge in [0.25, 0.3) is 0 Å². The van der Waals surface area contributed by atoms with Gasteiger partial charge in [0.05, 0.1) is 0 Å². The van der Waals surface area contributed by atoms with Crippen LogP contribution in [0.5, 0.6) is 0 Å². The number of aryl methyl sites for hydroxylation is 1. The van der Waals surface area contributed by atoms with E-state index in [1.165, 1.54) is 22.3 Å². The van der Waals surface area contributed by atoms with E-state index < -0.39 is 5.60 Å². The average molecular weight is 316 g/mol. The van der Waals surface area contributed by atoms with E-state index in [0.29, 0.717) is 6.42 Å². The zero-order valence-corrected chi connectivity index (χ0v) is 13.7. The van der Waals surface area contributed by atoms with E-state index in [1.807, 2.05) is 30.3 Å². The Morgan fingerprint density at radius 3 is 2.62 bits per heavy atom. The van der Waals surface area contributed by atoms with E-state index in [0.717, 1.165) is 12.0 Å². The number of allylic oxidation sites excluding steroid dienone is 2. The van der Waals surface area contributed by atoms with Gasteiger partial charge in [-0.25, -0.2) is 0 Å². The average Bonchev–Trinajstić information content (AvgIpc) is 3.03. The van der Waals surface area contributed by atoms with Crippen LogP contribution in [0.2, 0.25) is 0 Å². The topological polar surface area (TPSA) is 37.3 Å². The largest absolute Gasteiger partial charge is 0.377 e. The summed E-state index contributed by atoms with van der Waals surface area (Å²) in [5.41, 5.74) is 4.42. The van der Waals surface area contributed by atoms with Crippen LogP contribution in [0.15, 0.2) is 54.6 Å². The quantitative estimate of drug-likeness (QED) is 0.864. The summed E-state index contributed by atoms with van der Waals surface area (Å²) in [6, 6.07) is 16.3. The van der Waals surface area contributed by atoms with Crippen LogP contribution in [0.1, 0.15) is 41.0 Å². The first-order chi connectivity index (χ1) is 11.6. The molecule has 4 unspecified atom stereocenters. The van der Waals surface area contributed by atoms with Crippen molar-refractivity contribution in [1.82, 2.24) is 0 Å². The Morgan fingerprint density at radius 2 is 1.83 bits per heavy atom. The number of ketones is 1. The molecule has 3 aliphatic rings. The predicted octanol–water partition coefficient (Wildman–Crippen LogP) is 3.97. The summed E-state index contributed by atoms with van der Waals surface area (Å²) in [5, 5.41) is 11.5. The Labute approximate surface area is 141 Å². The van der Waals surface area contributed by atoms with Crippen LogP contribution in [0.3, 0.4) is 0 Å². The molecular weight excluding hydrogens is 296 g/mol. The maximum Gasteiger partial charge on any atom is 0.169 e. The molecule has 24 heavy (non-hydrogen) atoms. The predicted molar refractivity (Wildman–Crippen MR) is 93.5 cm³/mol. The smallest absolute Gasteiger partial charge is 0.169 e. The highest BCUT2D eigenvalue weighted by Gasteiger charge is 2.64. The summed E-state index contributed by atoms with van der Waals surface area (Å²) in [6.07, 6.45) is 3.66. The third kappa shape index (κ3) is 1.57. The van der Waals surface area contributed by atoms with Crippen LogP contribution >= 0.6 is 0 Å². The van der Waals surface area contributed by atoms with Crippen molar-refractivity contribution in [3.05, 3.63) is 76.9 Å². The third-order valence-electron chi connectivity index (χ3n) is 6.38. The minimum atomic E-state index is -1.29. The van der Waals surface area contributed by atoms with Crippen LogP contribution in [0.4, 0.5) is 0 Å². The molecule has 0 heterocycles. The van der Waals surface area contributed by atoms with Crippen molar-refractivity contribution < 1.29 is 9.90 Å². The number of rotatable bonds is 1. The van der Waals surface area contributed by atoms with Gasteiger partial charge >= 0.3 is 0 Å². The molecule has 1 saturated carbocycles. The molecule has 3 aliphatic carbocycles. The van der Waals surface area contributed by atoms with Gasteiger partial charge in [-0.05, 0) is 53.0 Å². The standard InChI is InChI=1S/C22H20O2/c1-13-6-5-9-18-20(13)16-11-10-15(14-7-3-2-4-8-14)17-12-19(23)22(18,24)21(16)17/h2-10,16-17,21,24H,11-12H2,1H3. The summed E-state index contributed by atoms with van der Waals surface area (Å²) >= 11 is 0. The SMILES string of the molecule is Cc1cccc2c1C1CC=C(c3ccccc3)C3CC(=O)C2(O)C31. The van der Waals surface area contributed by atoms with Crippen molar-refractivity contribution in [2.75, 3.05) is 0 Å². The molecule has 0 saturated heterocycles. The first-order valence-corrected chi connectivity index (χ1v) is 8.73. The minimum Gasteiger partial charge on any atom is -0.377 e. The van der Waals surface area contributed by atoms with Gasteiger partial charge in [0.15, 0.2) is 11.4 Å². The number of carbonyl (C=O) groups excluding carboxylic acids is 1. The van der Waals surface area contributed by atoms with E-state index in [4.69, 9.17) is 0 Å². The molecule has 4 atom stereocenters. The fraction of sp³-hybridized carbons (Fsp3) is 0.318. The number of fused-ring (bicyclic) bond motifs is 3. The highest BCUT2D eigenvalue weighted by atomic mass is 16.3. The van der Waals surface area contributed by atoms with Crippen LogP contribution in [-0.4, -0.2) is 10.9 Å². The molecule has 0 aromatic heterocycles. The molecule has 2 aromatic carbocycles. The monoisotopic (exact) mass is 316 g/mol. The van der Waals surface area contributed by atoms with Gasteiger partial charge in [-0.15, -0.1) is 0 Å². The summed E-state index contributed by atoms with van der Waals surface area (Å²) in [4.78, 5) is 12.9. The molecule has 120 valence electrons. The lowest BCUT2D eigenvalue weighted by Crippen LogP contribution is -2.36. The summed E-state index contributed by atoms with van der Waals surface area (Å²) in [5.74, 6) is 0.363. The summed E-state index contributed by atoms with van der Waals surface area (Å²) in [6.45, 7) is 2.10. The van der Waals surface area contributed by atoms with Crippen LogP contribution in [0.25, 0.3) is 5.57 Å². The van der Waals surface area contributed by atoms with Crippen molar-refractivity contribution in [2.24, 2.45) is 11.8 Å². The van der Waals surface area contributed by atoms with E-state index in [1.54, 1.807) is 0 Å². The van der Waals surface area contributed by atoms with Gasteiger partial charge in [0.2, 0.25) is 0 Å². The highest BCUT2D eigenvalue weighted by Crippen LogP contribution is 2.64. The molecule has 1 fully saturated rings. The molecule has 1 N–H and O–H groups in total. The van der Waals surface area contributed by atoms with Crippen molar-refractivity contribution in [1.29, 1.82) is 0 Å². The Bertz CT molecular complexity index is 880. The second-order valence-corrected chi connectivity index (χ2v) is 7.43. The lowest BCUT2D eigenvalue weighted by molar-refractivity contribution is -0.137. The fourth-order valence-corrected chi connectivity index (χ4v) is 5.48.